The average Bonchev–Trinajstić information content (AvgIpc) is 2.70. The minimum atomic E-state index is -0.251. The maximum Gasteiger partial charge on any atom is 0.146 e. The first kappa shape index (κ1) is 13.6. The monoisotopic (exact) mass is 276 g/mol. The molecule has 108 valence electrons. The summed E-state index contributed by atoms with van der Waals surface area (Å²) in [7, 11) is 0. The fourth-order valence-corrected chi connectivity index (χ4v) is 3.58. The van der Waals surface area contributed by atoms with Gasteiger partial charge in [-0.05, 0) is 43.5 Å². The quantitative estimate of drug-likeness (QED) is 0.809. The Morgan fingerprint density at radius 1 is 1.20 bits per heavy atom. The van der Waals surface area contributed by atoms with Crippen molar-refractivity contribution in [2.45, 2.75) is 58.0 Å². The van der Waals surface area contributed by atoms with Crippen LogP contribution in [0.1, 0.15) is 50.5 Å². The first-order chi connectivity index (χ1) is 9.62. The van der Waals surface area contributed by atoms with Crippen molar-refractivity contribution >= 4 is 5.78 Å². The molecule has 0 aliphatic heterocycles. The number of Topliss-reactive ketones (excluding diaryl/α,β-unsaturated/α-hetero) is 1. The van der Waals surface area contributed by atoms with Crippen molar-refractivity contribution in [3.8, 4) is 5.75 Å². The number of benzene rings is 1. The third kappa shape index (κ3) is 2.23. The molecule has 0 amide bonds. The zero-order valence-electron chi connectivity index (χ0n) is 12.0. The predicted octanol–water partition coefficient (Wildman–Crippen LogP) is 4.19. The topological polar surface area (TPSA) is 26.3 Å². The van der Waals surface area contributed by atoms with Crippen molar-refractivity contribution in [2.24, 2.45) is 5.41 Å². The Labute approximate surface area is 119 Å². The van der Waals surface area contributed by atoms with Crippen LogP contribution in [-0.2, 0) is 4.79 Å². The first-order valence-electron chi connectivity index (χ1n) is 7.58. The molecule has 2 fully saturated rings. The number of carbonyl (C=O) groups is 1. The summed E-state index contributed by atoms with van der Waals surface area (Å²) in [6, 6.07) is 4.82. The van der Waals surface area contributed by atoms with Gasteiger partial charge in [0.05, 0.1) is 5.41 Å². The van der Waals surface area contributed by atoms with Gasteiger partial charge in [0, 0.05) is 6.42 Å². The summed E-state index contributed by atoms with van der Waals surface area (Å²) in [6.45, 7) is 1.73. The van der Waals surface area contributed by atoms with Crippen LogP contribution in [0.15, 0.2) is 18.2 Å². The summed E-state index contributed by atoms with van der Waals surface area (Å²) in [5, 5.41) is 0. The van der Waals surface area contributed by atoms with Gasteiger partial charge in [-0.25, -0.2) is 4.39 Å². The van der Waals surface area contributed by atoms with E-state index >= 15 is 0 Å². The smallest absolute Gasteiger partial charge is 0.146 e. The normalized spacial score (nSPS) is 25.1. The van der Waals surface area contributed by atoms with Gasteiger partial charge in [-0.2, -0.15) is 0 Å². The van der Waals surface area contributed by atoms with Crippen LogP contribution in [0.25, 0.3) is 0 Å². The first-order valence-corrected chi connectivity index (χ1v) is 7.58. The third-order valence-corrected chi connectivity index (χ3v) is 4.95. The molecule has 20 heavy (non-hydrogen) atoms. The zero-order chi connectivity index (χ0) is 14.2. The molecule has 1 atom stereocenters. The van der Waals surface area contributed by atoms with Gasteiger partial charge in [0.2, 0.25) is 0 Å². The van der Waals surface area contributed by atoms with Gasteiger partial charge in [0.15, 0.2) is 0 Å². The van der Waals surface area contributed by atoms with Crippen LogP contribution < -0.4 is 4.74 Å². The van der Waals surface area contributed by atoms with Crippen molar-refractivity contribution in [3.63, 3.8) is 0 Å². The average molecular weight is 276 g/mol. The lowest BCUT2D eigenvalue weighted by Crippen LogP contribution is -2.56. The number of ketones is 1. The SMILES string of the molecule is Cc1cc(OC2CC(=O)C23CCCCCC3)ccc1F. The van der Waals surface area contributed by atoms with Crippen LogP contribution in [-0.4, -0.2) is 11.9 Å². The summed E-state index contributed by atoms with van der Waals surface area (Å²) in [5.41, 5.74) is 0.335. The highest BCUT2D eigenvalue weighted by atomic mass is 19.1. The molecule has 2 saturated carbocycles. The fraction of sp³-hybridized carbons (Fsp3) is 0.588. The van der Waals surface area contributed by atoms with Crippen molar-refractivity contribution in [1.82, 2.24) is 0 Å². The largest absolute Gasteiger partial charge is 0.489 e. The molecule has 1 spiro atoms. The number of carbonyl (C=O) groups excluding carboxylic acids is 1. The number of halogens is 1. The van der Waals surface area contributed by atoms with Gasteiger partial charge in [0.1, 0.15) is 23.5 Å². The minimum Gasteiger partial charge on any atom is -0.489 e. The van der Waals surface area contributed by atoms with Gasteiger partial charge in [-0.1, -0.05) is 25.7 Å². The molecule has 1 unspecified atom stereocenters. The molecular formula is C17H21FO2. The highest BCUT2D eigenvalue weighted by Gasteiger charge is 2.55. The molecule has 0 N–H and O–H groups in total. The van der Waals surface area contributed by atoms with E-state index in [1.807, 2.05) is 0 Å². The second kappa shape index (κ2) is 5.19. The van der Waals surface area contributed by atoms with Gasteiger partial charge < -0.3 is 4.74 Å². The standard InChI is InChI=1S/C17H21FO2/c1-12-10-13(6-7-14(12)18)20-16-11-15(19)17(16)8-4-2-3-5-9-17/h6-7,10,16H,2-5,8-9,11H2,1H3. The van der Waals surface area contributed by atoms with Crippen LogP contribution in [0, 0.1) is 18.2 Å². The minimum absolute atomic E-state index is 0.0158. The molecule has 0 radical (unpaired) electrons. The van der Waals surface area contributed by atoms with Gasteiger partial charge in [-0.15, -0.1) is 0 Å². The molecule has 2 aliphatic rings. The summed E-state index contributed by atoms with van der Waals surface area (Å²) >= 11 is 0. The van der Waals surface area contributed by atoms with Gasteiger partial charge in [-0.3, -0.25) is 4.79 Å². The molecular weight excluding hydrogens is 255 g/mol. The summed E-state index contributed by atoms with van der Waals surface area (Å²) in [4.78, 5) is 12.1. The van der Waals surface area contributed by atoms with E-state index in [0.29, 0.717) is 23.5 Å². The third-order valence-electron chi connectivity index (χ3n) is 4.95. The second-order valence-electron chi connectivity index (χ2n) is 6.22. The van der Waals surface area contributed by atoms with E-state index in [-0.39, 0.29) is 17.3 Å². The Kier molecular flexibility index (Phi) is 3.53. The van der Waals surface area contributed by atoms with E-state index in [0.717, 1.165) is 25.7 Å². The fourth-order valence-electron chi connectivity index (χ4n) is 3.58. The maximum absolute atomic E-state index is 13.3. The lowest BCUT2D eigenvalue weighted by atomic mass is 9.60. The van der Waals surface area contributed by atoms with Crippen LogP contribution >= 0.6 is 0 Å². The maximum atomic E-state index is 13.3. The number of hydrogen-bond acceptors (Lipinski definition) is 2. The highest BCUT2D eigenvalue weighted by molar-refractivity contribution is 5.92. The lowest BCUT2D eigenvalue weighted by Gasteiger charge is -2.47. The zero-order valence-corrected chi connectivity index (χ0v) is 12.0. The summed E-state index contributed by atoms with van der Waals surface area (Å²) < 4.78 is 19.3. The molecule has 0 bridgehead atoms. The van der Waals surface area contributed by atoms with Gasteiger partial charge in [0.25, 0.3) is 0 Å². The van der Waals surface area contributed by atoms with Crippen molar-refractivity contribution < 1.29 is 13.9 Å². The summed E-state index contributed by atoms with van der Waals surface area (Å²) in [6.07, 6.45) is 7.08. The molecule has 0 heterocycles. The van der Waals surface area contributed by atoms with Crippen molar-refractivity contribution in [3.05, 3.63) is 29.6 Å². The van der Waals surface area contributed by atoms with E-state index in [4.69, 9.17) is 4.74 Å². The van der Waals surface area contributed by atoms with E-state index in [1.54, 1.807) is 19.1 Å². The van der Waals surface area contributed by atoms with E-state index in [2.05, 4.69) is 0 Å². The number of hydrogen-bond donors (Lipinski definition) is 0. The van der Waals surface area contributed by atoms with E-state index in [9.17, 15) is 9.18 Å². The van der Waals surface area contributed by atoms with Crippen molar-refractivity contribution in [1.29, 1.82) is 0 Å². The molecule has 3 heteroatoms. The molecule has 3 rings (SSSR count). The Bertz CT molecular complexity index is 516. The number of aryl methyl sites for hydroxylation is 1. The van der Waals surface area contributed by atoms with E-state index in [1.165, 1.54) is 18.9 Å². The Balaban J connectivity index is 1.76. The van der Waals surface area contributed by atoms with Crippen LogP contribution in [0.3, 0.4) is 0 Å². The molecule has 2 aliphatic carbocycles. The Morgan fingerprint density at radius 3 is 2.50 bits per heavy atom. The Hall–Kier alpha value is -1.38. The predicted molar refractivity (Wildman–Crippen MR) is 75.3 cm³/mol. The lowest BCUT2D eigenvalue weighted by molar-refractivity contribution is -0.154. The Morgan fingerprint density at radius 2 is 1.90 bits per heavy atom. The molecule has 0 saturated heterocycles. The van der Waals surface area contributed by atoms with Crippen LogP contribution in [0.4, 0.5) is 4.39 Å². The molecule has 0 aromatic heterocycles. The number of rotatable bonds is 2. The van der Waals surface area contributed by atoms with Crippen LogP contribution in [0.5, 0.6) is 5.75 Å². The van der Waals surface area contributed by atoms with E-state index < -0.39 is 0 Å². The van der Waals surface area contributed by atoms with Gasteiger partial charge >= 0.3 is 0 Å². The molecule has 1 aromatic carbocycles. The van der Waals surface area contributed by atoms with Crippen LogP contribution in [0.2, 0.25) is 0 Å². The highest BCUT2D eigenvalue weighted by Crippen LogP contribution is 2.49. The summed E-state index contributed by atoms with van der Waals surface area (Å²) in [5.74, 6) is 0.833. The second-order valence-corrected chi connectivity index (χ2v) is 6.22. The molecule has 2 nitrogen and oxygen atoms in total. The number of ether oxygens (including phenoxy) is 1. The van der Waals surface area contributed by atoms with Crippen molar-refractivity contribution in [2.75, 3.05) is 0 Å². The molecule has 1 aromatic rings.